The van der Waals surface area contributed by atoms with Gasteiger partial charge in [-0.1, -0.05) is 37.3 Å². The Kier molecular flexibility index (Phi) is 4.95. The smallest absolute Gasteiger partial charge is 0.247 e. The first-order chi connectivity index (χ1) is 8.06. The molecule has 0 aliphatic rings. The Labute approximate surface area is 104 Å². The third-order valence-corrected chi connectivity index (χ3v) is 3.10. The van der Waals surface area contributed by atoms with Gasteiger partial charge in [-0.15, -0.1) is 0 Å². The van der Waals surface area contributed by atoms with Crippen molar-refractivity contribution in [3.05, 3.63) is 41.5 Å². The Balaban J connectivity index is 2.86. The lowest BCUT2D eigenvalue weighted by molar-refractivity contribution is -0.118. The highest BCUT2D eigenvalue weighted by atomic mass is 16.1. The first kappa shape index (κ1) is 13.5. The van der Waals surface area contributed by atoms with Crippen LogP contribution in [0.15, 0.2) is 35.9 Å². The topological polar surface area (TPSA) is 29.1 Å². The zero-order valence-corrected chi connectivity index (χ0v) is 11.1. The van der Waals surface area contributed by atoms with Crippen LogP contribution in [0.25, 0.3) is 5.57 Å². The summed E-state index contributed by atoms with van der Waals surface area (Å²) >= 11 is 0. The fourth-order valence-corrected chi connectivity index (χ4v) is 1.51. The van der Waals surface area contributed by atoms with E-state index in [2.05, 4.69) is 12.2 Å². The summed E-state index contributed by atoms with van der Waals surface area (Å²) in [6, 6.07) is 10.2. The summed E-state index contributed by atoms with van der Waals surface area (Å²) < 4.78 is 0. The van der Waals surface area contributed by atoms with E-state index in [9.17, 15) is 4.79 Å². The zero-order chi connectivity index (χ0) is 12.8. The van der Waals surface area contributed by atoms with Crippen molar-refractivity contribution >= 4 is 11.5 Å². The average Bonchev–Trinajstić information content (AvgIpc) is 2.37. The molecule has 92 valence electrons. The summed E-state index contributed by atoms with van der Waals surface area (Å²) in [5.41, 5.74) is 2.92. The maximum Gasteiger partial charge on any atom is 0.247 e. The normalized spacial score (nSPS) is 13.9. The van der Waals surface area contributed by atoms with Gasteiger partial charge in [0.05, 0.1) is 0 Å². The monoisotopic (exact) mass is 231 g/mol. The SMILES string of the molecule is CC[C@@H](C)NC(=O)/C(C)=C(\C)c1ccccc1. The van der Waals surface area contributed by atoms with Crippen LogP contribution in [0.2, 0.25) is 0 Å². The molecule has 2 nitrogen and oxygen atoms in total. The van der Waals surface area contributed by atoms with Gasteiger partial charge < -0.3 is 5.32 Å². The highest BCUT2D eigenvalue weighted by Crippen LogP contribution is 2.17. The molecule has 0 aliphatic carbocycles. The lowest BCUT2D eigenvalue weighted by atomic mass is 10.0. The predicted molar refractivity (Wildman–Crippen MR) is 72.6 cm³/mol. The molecule has 0 spiro atoms. The minimum atomic E-state index is 0.0284. The Morgan fingerprint density at radius 2 is 1.82 bits per heavy atom. The van der Waals surface area contributed by atoms with E-state index in [-0.39, 0.29) is 11.9 Å². The lowest BCUT2D eigenvalue weighted by Gasteiger charge is -2.13. The molecule has 1 atom stereocenters. The van der Waals surface area contributed by atoms with Gasteiger partial charge in [-0.05, 0) is 38.3 Å². The molecule has 1 rings (SSSR count). The van der Waals surface area contributed by atoms with E-state index >= 15 is 0 Å². The van der Waals surface area contributed by atoms with Gasteiger partial charge in [0.15, 0.2) is 0 Å². The van der Waals surface area contributed by atoms with Gasteiger partial charge in [-0.2, -0.15) is 0 Å². The summed E-state index contributed by atoms with van der Waals surface area (Å²) in [5, 5.41) is 2.98. The molecule has 0 aliphatic heterocycles. The molecule has 17 heavy (non-hydrogen) atoms. The molecule has 0 heterocycles. The molecule has 1 N–H and O–H groups in total. The number of nitrogens with one attached hydrogen (secondary N) is 1. The molecule has 0 fully saturated rings. The number of hydrogen-bond donors (Lipinski definition) is 1. The van der Waals surface area contributed by atoms with Crippen molar-refractivity contribution in [1.29, 1.82) is 0 Å². The van der Waals surface area contributed by atoms with Crippen molar-refractivity contribution in [2.45, 2.75) is 40.2 Å². The molecular weight excluding hydrogens is 210 g/mol. The third kappa shape index (κ3) is 3.74. The van der Waals surface area contributed by atoms with Gasteiger partial charge in [-0.25, -0.2) is 0 Å². The lowest BCUT2D eigenvalue weighted by Crippen LogP contribution is -2.32. The van der Waals surface area contributed by atoms with Gasteiger partial charge in [-0.3, -0.25) is 4.79 Å². The Bertz CT molecular complexity index is 406. The maximum absolute atomic E-state index is 12.0. The zero-order valence-electron chi connectivity index (χ0n) is 11.1. The number of carbonyl (C=O) groups excluding carboxylic acids is 1. The van der Waals surface area contributed by atoms with Crippen LogP contribution < -0.4 is 5.32 Å². The molecule has 0 unspecified atom stereocenters. The molecule has 1 amide bonds. The van der Waals surface area contributed by atoms with E-state index in [1.165, 1.54) is 0 Å². The number of hydrogen-bond acceptors (Lipinski definition) is 1. The molecule has 0 bridgehead atoms. The quantitative estimate of drug-likeness (QED) is 0.791. The number of carbonyl (C=O) groups is 1. The maximum atomic E-state index is 12.0. The minimum Gasteiger partial charge on any atom is -0.350 e. The van der Waals surface area contributed by atoms with Crippen molar-refractivity contribution in [3.8, 4) is 0 Å². The molecule has 0 radical (unpaired) electrons. The highest BCUT2D eigenvalue weighted by molar-refractivity contribution is 6.00. The van der Waals surface area contributed by atoms with Crippen molar-refractivity contribution in [3.63, 3.8) is 0 Å². The fraction of sp³-hybridized carbons (Fsp3) is 0.400. The first-order valence-electron chi connectivity index (χ1n) is 6.10. The van der Waals surface area contributed by atoms with Crippen LogP contribution in [-0.4, -0.2) is 11.9 Å². The van der Waals surface area contributed by atoms with Crippen molar-refractivity contribution in [2.75, 3.05) is 0 Å². The van der Waals surface area contributed by atoms with Gasteiger partial charge >= 0.3 is 0 Å². The van der Waals surface area contributed by atoms with E-state index in [1.54, 1.807) is 0 Å². The highest BCUT2D eigenvalue weighted by Gasteiger charge is 2.10. The number of benzene rings is 1. The molecule has 0 saturated heterocycles. The second-order valence-corrected chi connectivity index (χ2v) is 4.40. The van der Waals surface area contributed by atoms with Gasteiger partial charge in [0.25, 0.3) is 0 Å². The molecule has 1 aromatic rings. The van der Waals surface area contributed by atoms with Gasteiger partial charge in [0, 0.05) is 11.6 Å². The minimum absolute atomic E-state index is 0.0284. The van der Waals surface area contributed by atoms with Crippen LogP contribution in [0, 0.1) is 0 Å². The summed E-state index contributed by atoms with van der Waals surface area (Å²) in [5.74, 6) is 0.0284. The molecule has 0 aromatic heterocycles. The van der Waals surface area contributed by atoms with Crippen molar-refractivity contribution in [1.82, 2.24) is 5.32 Å². The average molecular weight is 231 g/mol. The van der Waals surface area contributed by atoms with Gasteiger partial charge in [0.1, 0.15) is 0 Å². The standard InChI is InChI=1S/C15H21NO/c1-5-11(2)16-15(17)13(4)12(3)14-9-7-6-8-10-14/h6-11H,5H2,1-4H3,(H,16,17)/b13-12+/t11-/m1/s1. The molecule has 2 heteroatoms. The van der Waals surface area contributed by atoms with Crippen LogP contribution in [0.1, 0.15) is 39.7 Å². The molecular formula is C15H21NO. The fourth-order valence-electron chi connectivity index (χ4n) is 1.51. The van der Waals surface area contributed by atoms with Crippen LogP contribution in [0.4, 0.5) is 0 Å². The van der Waals surface area contributed by atoms with Crippen molar-refractivity contribution < 1.29 is 4.79 Å². The Hall–Kier alpha value is -1.57. The summed E-state index contributed by atoms with van der Waals surface area (Å²) in [4.78, 5) is 12.0. The second-order valence-electron chi connectivity index (χ2n) is 4.40. The summed E-state index contributed by atoms with van der Waals surface area (Å²) in [7, 11) is 0. The largest absolute Gasteiger partial charge is 0.350 e. The Morgan fingerprint density at radius 3 is 2.35 bits per heavy atom. The van der Waals surface area contributed by atoms with Crippen LogP contribution in [0.3, 0.4) is 0 Å². The first-order valence-corrected chi connectivity index (χ1v) is 6.10. The van der Waals surface area contributed by atoms with Crippen LogP contribution in [0.5, 0.6) is 0 Å². The van der Waals surface area contributed by atoms with E-state index < -0.39 is 0 Å². The number of amides is 1. The summed E-state index contributed by atoms with van der Waals surface area (Å²) in [6.45, 7) is 7.94. The van der Waals surface area contributed by atoms with Crippen LogP contribution >= 0.6 is 0 Å². The predicted octanol–water partition coefficient (Wildman–Crippen LogP) is 3.39. The second kappa shape index (κ2) is 6.24. The summed E-state index contributed by atoms with van der Waals surface area (Å²) in [6.07, 6.45) is 0.948. The van der Waals surface area contributed by atoms with E-state index in [1.807, 2.05) is 51.1 Å². The van der Waals surface area contributed by atoms with E-state index in [0.29, 0.717) is 0 Å². The van der Waals surface area contributed by atoms with E-state index in [4.69, 9.17) is 0 Å². The van der Waals surface area contributed by atoms with Crippen LogP contribution in [-0.2, 0) is 4.79 Å². The Morgan fingerprint density at radius 1 is 1.24 bits per heavy atom. The number of allylic oxidation sites excluding steroid dienone is 1. The third-order valence-electron chi connectivity index (χ3n) is 3.10. The van der Waals surface area contributed by atoms with E-state index in [0.717, 1.165) is 23.1 Å². The molecule has 0 saturated carbocycles. The van der Waals surface area contributed by atoms with Crippen molar-refractivity contribution in [2.24, 2.45) is 0 Å². The number of rotatable bonds is 4. The van der Waals surface area contributed by atoms with Gasteiger partial charge in [0.2, 0.25) is 5.91 Å². The molecule has 1 aromatic carbocycles.